The summed E-state index contributed by atoms with van der Waals surface area (Å²) in [6.45, 7) is 4.07. The van der Waals surface area contributed by atoms with E-state index in [0.29, 0.717) is 23.9 Å². The molecule has 0 aromatic heterocycles. The van der Waals surface area contributed by atoms with E-state index in [1.165, 1.54) is 116 Å². The average molecular weight is 892 g/mol. The molecule has 0 aromatic rings. The minimum absolute atomic E-state index is 0.0426. The second-order valence-electron chi connectivity index (χ2n) is 17.8. The van der Waals surface area contributed by atoms with Crippen LogP contribution < -0.4 is 4.89 Å². The van der Waals surface area contributed by atoms with Crippen LogP contribution in [0.4, 0.5) is 0 Å². The second-order valence-corrected chi connectivity index (χ2v) is 19.2. The molecule has 62 heavy (non-hydrogen) atoms. The van der Waals surface area contributed by atoms with Gasteiger partial charge in [-0.15, -0.1) is 0 Å². The lowest BCUT2D eigenvalue weighted by molar-refractivity contribution is -0.870. The van der Waals surface area contributed by atoms with E-state index in [1.54, 1.807) is 0 Å². The number of phosphoric acid groups is 1. The number of ether oxygens (including phenoxy) is 2. The van der Waals surface area contributed by atoms with Gasteiger partial charge in [0, 0.05) is 12.8 Å². The van der Waals surface area contributed by atoms with Crippen molar-refractivity contribution >= 4 is 19.8 Å². The maximum atomic E-state index is 12.7. The molecule has 0 N–H and O–H groups in total. The van der Waals surface area contributed by atoms with Crippen molar-refractivity contribution in [1.29, 1.82) is 0 Å². The predicted octanol–water partition coefficient (Wildman–Crippen LogP) is 14.2. The number of carbonyl (C=O) groups is 2. The van der Waals surface area contributed by atoms with Gasteiger partial charge in [-0.2, -0.15) is 0 Å². The third-order valence-corrected chi connectivity index (χ3v) is 11.5. The van der Waals surface area contributed by atoms with Crippen molar-refractivity contribution in [1.82, 2.24) is 0 Å². The van der Waals surface area contributed by atoms with Gasteiger partial charge in [0.2, 0.25) is 0 Å². The van der Waals surface area contributed by atoms with Gasteiger partial charge in [-0.3, -0.25) is 14.2 Å². The monoisotopic (exact) mass is 892 g/mol. The first-order valence-electron chi connectivity index (χ1n) is 25.0. The van der Waals surface area contributed by atoms with Gasteiger partial charge in [0.05, 0.1) is 27.7 Å². The summed E-state index contributed by atoms with van der Waals surface area (Å²) in [5, 5.41) is 0. The van der Waals surface area contributed by atoms with Crippen molar-refractivity contribution in [3.8, 4) is 0 Å². The second kappa shape index (κ2) is 43.9. The van der Waals surface area contributed by atoms with E-state index in [0.717, 1.165) is 51.4 Å². The first kappa shape index (κ1) is 59.7. The first-order valence-corrected chi connectivity index (χ1v) is 26.5. The zero-order valence-electron chi connectivity index (χ0n) is 40.6. The standard InChI is InChI=1S/C52H94NO8P/c1-6-8-10-12-14-16-18-20-22-24-25-26-27-29-30-32-34-36-38-40-42-44-51(54)58-48-50(49-60-62(56,57)59-47-46-53(3,4)5)61-52(55)45-43-41-39-37-35-33-31-28-23-21-19-17-15-13-11-9-7-2/h9,11,15,17,21,23,31,33,37,39,50H,6-8,10,12-14,16,18-20,22,24-30,32,34-36,38,40-49H2,1-5H3/b11-9+,17-15+,23-21+,33-31+,39-37+/t50-/m1/s1. The van der Waals surface area contributed by atoms with Crippen molar-refractivity contribution in [3.05, 3.63) is 60.8 Å². The van der Waals surface area contributed by atoms with Gasteiger partial charge in [0.1, 0.15) is 19.8 Å². The summed E-state index contributed by atoms with van der Waals surface area (Å²) in [5.41, 5.74) is 0. The normalized spacial score (nSPS) is 14.0. The average Bonchev–Trinajstić information content (AvgIpc) is 3.23. The van der Waals surface area contributed by atoms with E-state index in [1.807, 2.05) is 27.2 Å². The maximum Gasteiger partial charge on any atom is 0.306 e. The first-order chi connectivity index (χ1) is 30.0. The van der Waals surface area contributed by atoms with Crippen LogP contribution in [0.5, 0.6) is 0 Å². The Morgan fingerprint density at radius 1 is 0.516 bits per heavy atom. The van der Waals surface area contributed by atoms with E-state index < -0.39 is 32.5 Å². The number of hydrogen-bond acceptors (Lipinski definition) is 8. The van der Waals surface area contributed by atoms with Crippen LogP contribution in [0.1, 0.15) is 206 Å². The lowest BCUT2D eigenvalue weighted by Gasteiger charge is -2.28. The number of nitrogens with zero attached hydrogens (tertiary/aromatic N) is 1. The third-order valence-electron chi connectivity index (χ3n) is 10.6. The summed E-state index contributed by atoms with van der Waals surface area (Å²) < 4.78 is 33.9. The van der Waals surface area contributed by atoms with E-state index in [9.17, 15) is 19.0 Å². The van der Waals surface area contributed by atoms with E-state index in [-0.39, 0.29) is 26.1 Å². The molecule has 0 aliphatic carbocycles. The Labute approximate surface area is 381 Å². The van der Waals surface area contributed by atoms with Gasteiger partial charge in [-0.05, 0) is 51.4 Å². The third kappa shape index (κ3) is 47.2. The molecule has 10 heteroatoms. The highest BCUT2D eigenvalue weighted by molar-refractivity contribution is 7.45. The molecule has 0 rings (SSSR count). The Balaban J connectivity index is 4.31. The molecule has 0 spiro atoms. The zero-order chi connectivity index (χ0) is 45.7. The SMILES string of the molecule is CC/C=C/C/C=C/C/C=C/C/C=C/C/C=C/CCCC(=O)O[C@H](COC(=O)CCCCCCCCCCCCCCCCCCCCCCC)COP(=O)([O-])OCC[N+](C)(C)C. The van der Waals surface area contributed by atoms with Crippen LogP contribution in [0.2, 0.25) is 0 Å². The summed E-state index contributed by atoms with van der Waals surface area (Å²) in [6.07, 6.45) is 54.1. The van der Waals surface area contributed by atoms with Crippen molar-refractivity contribution < 1.29 is 42.1 Å². The molecule has 2 atom stereocenters. The Bertz CT molecular complexity index is 1240. The van der Waals surface area contributed by atoms with Gasteiger partial charge in [-0.25, -0.2) is 0 Å². The molecule has 0 fully saturated rings. The summed E-state index contributed by atoms with van der Waals surface area (Å²) in [7, 11) is 1.13. The summed E-state index contributed by atoms with van der Waals surface area (Å²) in [6, 6.07) is 0. The summed E-state index contributed by atoms with van der Waals surface area (Å²) in [5.74, 6) is -0.898. The Morgan fingerprint density at radius 3 is 1.35 bits per heavy atom. The van der Waals surface area contributed by atoms with Crippen LogP contribution in [0, 0.1) is 0 Å². The molecule has 360 valence electrons. The number of carbonyl (C=O) groups excluding carboxylic acids is 2. The molecule has 9 nitrogen and oxygen atoms in total. The van der Waals surface area contributed by atoms with Crippen LogP contribution in [-0.4, -0.2) is 70.0 Å². The van der Waals surface area contributed by atoms with Crippen molar-refractivity contribution in [2.75, 3.05) is 47.5 Å². The summed E-state index contributed by atoms with van der Waals surface area (Å²) in [4.78, 5) is 37.6. The zero-order valence-corrected chi connectivity index (χ0v) is 41.4. The predicted molar refractivity (Wildman–Crippen MR) is 259 cm³/mol. The van der Waals surface area contributed by atoms with Crippen LogP contribution >= 0.6 is 7.82 Å². The smallest absolute Gasteiger partial charge is 0.306 e. The molecule has 0 saturated carbocycles. The summed E-state index contributed by atoms with van der Waals surface area (Å²) >= 11 is 0. The molecule has 1 unspecified atom stereocenters. The number of allylic oxidation sites excluding steroid dienone is 10. The van der Waals surface area contributed by atoms with Crippen LogP contribution in [0.15, 0.2) is 60.8 Å². The van der Waals surface area contributed by atoms with E-state index >= 15 is 0 Å². The molecule has 0 amide bonds. The fraction of sp³-hybridized carbons (Fsp3) is 0.769. The number of hydrogen-bond donors (Lipinski definition) is 0. The topological polar surface area (TPSA) is 111 Å². The van der Waals surface area contributed by atoms with E-state index in [2.05, 4.69) is 68.5 Å². The van der Waals surface area contributed by atoms with Crippen LogP contribution in [0.25, 0.3) is 0 Å². The van der Waals surface area contributed by atoms with Crippen molar-refractivity contribution in [2.45, 2.75) is 213 Å². The largest absolute Gasteiger partial charge is 0.756 e. The molecule has 0 aliphatic heterocycles. The van der Waals surface area contributed by atoms with Gasteiger partial charge in [0.25, 0.3) is 7.82 Å². The minimum Gasteiger partial charge on any atom is -0.756 e. The quantitative estimate of drug-likeness (QED) is 0.0195. The Kier molecular flexibility index (Phi) is 42.3. The van der Waals surface area contributed by atoms with Crippen molar-refractivity contribution in [3.63, 3.8) is 0 Å². The highest BCUT2D eigenvalue weighted by atomic mass is 31.2. The van der Waals surface area contributed by atoms with Gasteiger partial charge in [0.15, 0.2) is 6.10 Å². The fourth-order valence-corrected chi connectivity index (χ4v) is 7.42. The number of quaternary nitrogens is 1. The Hall–Kier alpha value is -2.29. The number of phosphoric ester groups is 1. The Morgan fingerprint density at radius 2 is 0.919 bits per heavy atom. The molecular weight excluding hydrogens is 798 g/mol. The lowest BCUT2D eigenvalue weighted by atomic mass is 10.0. The van der Waals surface area contributed by atoms with Gasteiger partial charge < -0.3 is 27.9 Å². The molecule has 0 aromatic carbocycles. The van der Waals surface area contributed by atoms with Gasteiger partial charge in [-0.1, -0.05) is 203 Å². The molecule has 0 aliphatic rings. The lowest BCUT2D eigenvalue weighted by Crippen LogP contribution is -2.37. The highest BCUT2D eigenvalue weighted by Crippen LogP contribution is 2.38. The van der Waals surface area contributed by atoms with E-state index in [4.69, 9.17) is 18.5 Å². The number of esters is 2. The highest BCUT2D eigenvalue weighted by Gasteiger charge is 2.21. The number of unbranched alkanes of at least 4 members (excludes halogenated alkanes) is 21. The number of rotatable bonds is 45. The molecular formula is C52H94NO8P. The molecule has 0 heterocycles. The fourth-order valence-electron chi connectivity index (χ4n) is 6.69. The molecule has 0 radical (unpaired) electrons. The maximum absolute atomic E-state index is 12.7. The number of likely N-dealkylation sites (N-methyl/N-ethyl adjacent to an activating group) is 1. The van der Waals surface area contributed by atoms with Crippen LogP contribution in [0.3, 0.4) is 0 Å². The van der Waals surface area contributed by atoms with Crippen LogP contribution in [-0.2, 0) is 32.7 Å². The van der Waals surface area contributed by atoms with Crippen molar-refractivity contribution in [2.24, 2.45) is 0 Å². The molecule has 0 saturated heterocycles. The minimum atomic E-state index is -4.65. The van der Waals surface area contributed by atoms with Gasteiger partial charge >= 0.3 is 11.9 Å². The molecule has 0 bridgehead atoms.